The average molecular weight is 340 g/mol. The lowest BCUT2D eigenvalue weighted by Gasteiger charge is -2.12. The highest BCUT2D eigenvalue weighted by molar-refractivity contribution is 6.37. The molecule has 0 saturated heterocycles. The zero-order valence-electron chi connectivity index (χ0n) is 12.5. The molecule has 0 heterocycles. The summed E-state index contributed by atoms with van der Waals surface area (Å²) >= 11 is 6.26. The molecule has 3 aromatic carbocycles. The van der Waals surface area contributed by atoms with Crippen LogP contribution < -0.4 is 11.5 Å². The molecule has 0 aliphatic carbocycles. The fraction of sp³-hybridized carbons (Fsp3) is 0. The van der Waals surface area contributed by atoms with Crippen LogP contribution in [0.3, 0.4) is 0 Å². The van der Waals surface area contributed by atoms with E-state index in [0.717, 1.165) is 16.3 Å². The number of benzene rings is 3. The van der Waals surface area contributed by atoms with Gasteiger partial charge in [0, 0.05) is 16.8 Å². The molecule has 5 nitrogen and oxygen atoms in total. The lowest BCUT2D eigenvalue weighted by Crippen LogP contribution is -2.10. The maximum Gasteiger partial charge on any atom is 0.337 e. The Morgan fingerprint density at radius 1 is 1.04 bits per heavy atom. The van der Waals surface area contributed by atoms with Gasteiger partial charge < -0.3 is 16.6 Å². The van der Waals surface area contributed by atoms with Gasteiger partial charge in [-0.2, -0.15) is 0 Å². The predicted octanol–water partition coefficient (Wildman–Crippen LogP) is 3.72. The van der Waals surface area contributed by atoms with Gasteiger partial charge in [0.1, 0.15) is 5.84 Å². The van der Waals surface area contributed by atoms with Gasteiger partial charge in [-0.15, -0.1) is 0 Å². The van der Waals surface area contributed by atoms with Crippen molar-refractivity contribution < 1.29 is 9.90 Å². The summed E-state index contributed by atoms with van der Waals surface area (Å²) in [6.45, 7) is 0. The van der Waals surface area contributed by atoms with Crippen LogP contribution in [0.15, 0.2) is 48.5 Å². The van der Waals surface area contributed by atoms with E-state index >= 15 is 0 Å². The highest BCUT2D eigenvalue weighted by Crippen LogP contribution is 2.37. The third-order valence-corrected chi connectivity index (χ3v) is 4.24. The van der Waals surface area contributed by atoms with E-state index in [1.165, 1.54) is 12.1 Å². The summed E-state index contributed by atoms with van der Waals surface area (Å²) in [4.78, 5) is 11.3. The maximum atomic E-state index is 11.3. The van der Waals surface area contributed by atoms with Crippen molar-refractivity contribution in [3.05, 3.63) is 64.7 Å². The number of amidine groups is 1. The number of fused-ring (bicyclic) bond motifs is 1. The lowest BCUT2D eigenvalue weighted by atomic mass is 9.97. The van der Waals surface area contributed by atoms with Gasteiger partial charge in [-0.25, -0.2) is 4.79 Å². The molecule has 0 aliphatic rings. The van der Waals surface area contributed by atoms with Gasteiger partial charge in [0.05, 0.1) is 10.6 Å². The number of rotatable bonds is 3. The molecule has 6 N–H and O–H groups in total. The molecule has 0 bridgehead atoms. The second-order valence-corrected chi connectivity index (χ2v) is 5.76. The summed E-state index contributed by atoms with van der Waals surface area (Å²) in [5.74, 6) is -1.10. The molecule has 3 rings (SSSR count). The van der Waals surface area contributed by atoms with E-state index < -0.39 is 5.97 Å². The van der Waals surface area contributed by atoms with Crippen molar-refractivity contribution in [1.29, 1.82) is 5.41 Å². The third kappa shape index (κ3) is 2.66. The van der Waals surface area contributed by atoms with Crippen LogP contribution in [-0.2, 0) is 0 Å². The minimum atomic E-state index is -1.10. The third-order valence-electron chi connectivity index (χ3n) is 3.84. The topological polar surface area (TPSA) is 113 Å². The van der Waals surface area contributed by atoms with E-state index in [1.807, 2.05) is 30.3 Å². The van der Waals surface area contributed by atoms with Crippen molar-refractivity contribution in [3.8, 4) is 11.1 Å². The van der Waals surface area contributed by atoms with Crippen LogP contribution in [0.4, 0.5) is 5.69 Å². The minimum absolute atomic E-state index is 0.00225. The molecule has 6 heteroatoms. The molecule has 0 fully saturated rings. The van der Waals surface area contributed by atoms with E-state index in [2.05, 4.69) is 0 Å². The van der Waals surface area contributed by atoms with Crippen molar-refractivity contribution >= 4 is 39.9 Å². The van der Waals surface area contributed by atoms with E-state index in [9.17, 15) is 9.90 Å². The van der Waals surface area contributed by atoms with Crippen LogP contribution in [0.2, 0.25) is 5.02 Å². The second-order valence-electron chi connectivity index (χ2n) is 5.39. The van der Waals surface area contributed by atoms with E-state index in [4.69, 9.17) is 28.5 Å². The summed E-state index contributed by atoms with van der Waals surface area (Å²) in [6, 6.07) is 13.9. The van der Waals surface area contributed by atoms with Gasteiger partial charge in [-0.05, 0) is 40.6 Å². The fourth-order valence-corrected chi connectivity index (χ4v) is 2.98. The Morgan fingerprint density at radius 3 is 2.38 bits per heavy atom. The Hall–Kier alpha value is -3.05. The standard InChI is InChI=1S/C18H14ClN3O2/c19-16-13(18(23)24)5-6-14(20)15(16)11-3-1-10-8-12(17(21)22)4-2-9(10)7-11/h1-8H,20H2,(H3,21,22)(H,23,24). The van der Waals surface area contributed by atoms with Crippen molar-refractivity contribution in [2.24, 2.45) is 5.73 Å². The number of carbonyl (C=O) groups is 1. The van der Waals surface area contributed by atoms with Gasteiger partial charge >= 0.3 is 5.97 Å². The molecule has 0 unspecified atom stereocenters. The Kier molecular flexibility index (Phi) is 3.87. The molecule has 0 spiro atoms. The van der Waals surface area contributed by atoms with E-state index in [0.29, 0.717) is 16.8 Å². The van der Waals surface area contributed by atoms with Gasteiger partial charge in [0.15, 0.2) is 0 Å². The van der Waals surface area contributed by atoms with Crippen LogP contribution in [0.5, 0.6) is 0 Å². The van der Waals surface area contributed by atoms with Crippen LogP contribution >= 0.6 is 11.6 Å². The first kappa shape index (κ1) is 15.8. The molecule has 0 amide bonds. The zero-order valence-corrected chi connectivity index (χ0v) is 13.3. The van der Waals surface area contributed by atoms with Gasteiger partial charge in [0.25, 0.3) is 0 Å². The van der Waals surface area contributed by atoms with Crippen LogP contribution in [-0.4, -0.2) is 16.9 Å². The summed E-state index contributed by atoms with van der Waals surface area (Å²) in [6.07, 6.45) is 0. The number of halogens is 1. The number of carboxylic acid groups (broad SMARTS) is 1. The van der Waals surface area contributed by atoms with Crippen molar-refractivity contribution in [1.82, 2.24) is 0 Å². The van der Waals surface area contributed by atoms with Crippen LogP contribution in [0.25, 0.3) is 21.9 Å². The lowest BCUT2D eigenvalue weighted by molar-refractivity contribution is 0.0697. The Bertz CT molecular complexity index is 999. The summed E-state index contributed by atoms with van der Waals surface area (Å²) in [5.41, 5.74) is 13.8. The summed E-state index contributed by atoms with van der Waals surface area (Å²) in [7, 11) is 0. The quantitative estimate of drug-likeness (QED) is 0.331. The van der Waals surface area contributed by atoms with Crippen molar-refractivity contribution in [2.75, 3.05) is 5.73 Å². The van der Waals surface area contributed by atoms with Gasteiger partial charge in [0.2, 0.25) is 0 Å². The van der Waals surface area contributed by atoms with Gasteiger partial charge in [-0.3, -0.25) is 5.41 Å². The van der Waals surface area contributed by atoms with Crippen molar-refractivity contribution in [3.63, 3.8) is 0 Å². The molecule has 0 atom stereocenters. The number of nitrogens with one attached hydrogen (secondary N) is 1. The molecular weight excluding hydrogens is 326 g/mol. The molecule has 3 aromatic rings. The smallest absolute Gasteiger partial charge is 0.337 e. The van der Waals surface area contributed by atoms with E-state index in [1.54, 1.807) is 6.07 Å². The maximum absolute atomic E-state index is 11.3. The highest BCUT2D eigenvalue weighted by Gasteiger charge is 2.16. The number of hydrogen-bond donors (Lipinski definition) is 4. The van der Waals surface area contributed by atoms with Gasteiger partial charge in [-0.1, -0.05) is 35.9 Å². The zero-order chi connectivity index (χ0) is 17.4. The monoisotopic (exact) mass is 339 g/mol. The molecule has 120 valence electrons. The normalized spacial score (nSPS) is 10.7. The number of nitrogens with two attached hydrogens (primary N) is 2. The molecule has 0 radical (unpaired) electrons. The minimum Gasteiger partial charge on any atom is -0.478 e. The molecule has 0 aromatic heterocycles. The van der Waals surface area contributed by atoms with Crippen LogP contribution in [0.1, 0.15) is 15.9 Å². The summed E-state index contributed by atoms with van der Waals surface area (Å²) in [5, 5.41) is 18.7. The Balaban J connectivity index is 2.20. The molecule has 0 aliphatic heterocycles. The second kappa shape index (κ2) is 5.86. The number of hydrogen-bond acceptors (Lipinski definition) is 3. The number of anilines is 1. The first-order chi connectivity index (χ1) is 11.4. The Labute approximate surface area is 143 Å². The molecule has 0 saturated carbocycles. The predicted molar refractivity (Wildman–Crippen MR) is 96.8 cm³/mol. The SMILES string of the molecule is N=C(N)c1ccc2cc(-c3c(N)ccc(C(=O)O)c3Cl)ccc2c1. The number of nitrogen functional groups attached to an aromatic ring is 2. The Morgan fingerprint density at radius 2 is 1.71 bits per heavy atom. The first-order valence-corrected chi connectivity index (χ1v) is 7.46. The van der Waals surface area contributed by atoms with Crippen LogP contribution in [0, 0.1) is 5.41 Å². The van der Waals surface area contributed by atoms with Crippen molar-refractivity contribution in [2.45, 2.75) is 0 Å². The first-order valence-electron chi connectivity index (χ1n) is 7.08. The number of aromatic carboxylic acids is 1. The fourth-order valence-electron chi connectivity index (χ4n) is 2.62. The molecular formula is C18H14ClN3O2. The average Bonchev–Trinajstić information content (AvgIpc) is 2.53. The largest absolute Gasteiger partial charge is 0.478 e. The molecule has 24 heavy (non-hydrogen) atoms. The highest BCUT2D eigenvalue weighted by atomic mass is 35.5. The summed E-state index contributed by atoms with van der Waals surface area (Å²) < 4.78 is 0. The number of carboxylic acids is 1. The van der Waals surface area contributed by atoms with E-state index in [-0.39, 0.29) is 16.4 Å².